The molecule has 4 aromatic rings. The Morgan fingerprint density at radius 3 is 2.93 bits per heavy atom. The van der Waals surface area contributed by atoms with Crippen LogP contribution in [0.15, 0.2) is 43.2 Å². The number of carbonyl (C=O) groups is 1. The quantitative estimate of drug-likeness (QED) is 0.597. The number of anilines is 1. The average molecular weight is 360 g/mol. The maximum atomic E-state index is 12.8. The monoisotopic (exact) mass is 360 g/mol. The van der Waals surface area contributed by atoms with Gasteiger partial charge in [0.1, 0.15) is 11.9 Å². The van der Waals surface area contributed by atoms with Gasteiger partial charge >= 0.3 is 0 Å². The van der Waals surface area contributed by atoms with Crippen molar-refractivity contribution < 1.29 is 4.79 Å². The zero-order valence-electron chi connectivity index (χ0n) is 14.6. The molecule has 1 aliphatic rings. The minimum absolute atomic E-state index is 0.279. The number of hydrogen-bond donors (Lipinski definition) is 1. The van der Waals surface area contributed by atoms with Crippen molar-refractivity contribution in [2.24, 2.45) is 7.05 Å². The molecule has 0 unspecified atom stereocenters. The molecule has 1 aliphatic carbocycles. The zero-order valence-corrected chi connectivity index (χ0v) is 14.6. The van der Waals surface area contributed by atoms with Gasteiger partial charge < -0.3 is 5.32 Å². The van der Waals surface area contributed by atoms with Crippen LogP contribution in [0.2, 0.25) is 0 Å². The van der Waals surface area contributed by atoms with Crippen LogP contribution in [0, 0.1) is 0 Å². The number of pyridine rings is 1. The lowest BCUT2D eigenvalue weighted by Crippen LogP contribution is -2.12. The van der Waals surface area contributed by atoms with Gasteiger partial charge in [-0.3, -0.25) is 14.5 Å². The summed E-state index contributed by atoms with van der Waals surface area (Å²) < 4.78 is 3.23. The van der Waals surface area contributed by atoms with Crippen LogP contribution in [0.4, 0.5) is 5.69 Å². The Hall–Kier alpha value is -3.62. The molecular formula is C18H16N8O. The molecule has 5 rings (SSSR count). The van der Waals surface area contributed by atoms with E-state index in [1.165, 1.54) is 6.20 Å². The summed E-state index contributed by atoms with van der Waals surface area (Å²) in [5.41, 5.74) is 3.29. The first kappa shape index (κ1) is 15.6. The van der Waals surface area contributed by atoms with Crippen LogP contribution in [0.1, 0.15) is 34.8 Å². The van der Waals surface area contributed by atoms with E-state index in [9.17, 15) is 4.79 Å². The standard InChI is InChI=1S/C18H16N8O/c1-25-10-20-16(24-25)12-6-13(8-19-7-12)22-18(27)14-9-21-26-5-4-15(11-2-3-11)23-17(14)26/h4-11H,2-3H2,1H3,(H,22,27). The smallest absolute Gasteiger partial charge is 0.261 e. The molecule has 0 bridgehead atoms. The van der Waals surface area contributed by atoms with Crippen LogP contribution < -0.4 is 5.32 Å². The molecule has 0 aromatic carbocycles. The third-order valence-corrected chi connectivity index (χ3v) is 4.48. The molecule has 0 atom stereocenters. The van der Waals surface area contributed by atoms with E-state index >= 15 is 0 Å². The van der Waals surface area contributed by atoms with Gasteiger partial charge in [0.25, 0.3) is 5.91 Å². The van der Waals surface area contributed by atoms with Crippen LogP contribution in [0.3, 0.4) is 0 Å². The molecule has 9 heteroatoms. The van der Waals surface area contributed by atoms with E-state index < -0.39 is 0 Å². The molecule has 0 saturated heterocycles. The fraction of sp³-hybridized carbons (Fsp3) is 0.222. The Labute approximate surface area is 154 Å². The number of hydrogen-bond acceptors (Lipinski definition) is 6. The molecule has 1 N–H and O–H groups in total. The Bertz CT molecular complexity index is 1160. The second-order valence-electron chi connectivity index (χ2n) is 6.61. The van der Waals surface area contributed by atoms with Crippen molar-refractivity contribution in [1.29, 1.82) is 0 Å². The second-order valence-corrected chi connectivity index (χ2v) is 6.61. The minimum Gasteiger partial charge on any atom is -0.320 e. The van der Waals surface area contributed by atoms with Gasteiger partial charge in [0, 0.05) is 36.6 Å². The first-order chi connectivity index (χ1) is 13.2. The van der Waals surface area contributed by atoms with Crippen molar-refractivity contribution in [3.05, 3.63) is 54.5 Å². The lowest BCUT2D eigenvalue weighted by molar-refractivity contribution is 0.102. The van der Waals surface area contributed by atoms with Gasteiger partial charge in [0.05, 0.1) is 18.1 Å². The molecule has 0 radical (unpaired) electrons. The highest BCUT2D eigenvalue weighted by Gasteiger charge is 2.26. The van der Waals surface area contributed by atoms with Gasteiger partial charge in [0.15, 0.2) is 11.5 Å². The van der Waals surface area contributed by atoms with E-state index in [0.29, 0.717) is 28.6 Å². The number of aryl methyl sites for hydroxylation is 1. The van der Waals surface area contributed by atoms with Crippen LogP contribution >= 0.6 is 0 Å². The third kappa shape index (κ3) is 2.92. The summed E-state index contributed by atoms with van der Waals surface area (Å²) in [6.07, 6.45) is 10.5. The van der Waals surface area contributed by atoms with Crippen molar-refractivity contribution >= 4 is 17.2 Å². The Balaban J connectivity index is 1.43. The largest absolute Gasteiger partial charge is 0.320 e. The van der Waals surface area contributed by atoms with Gasteiger partial charge in [-0.2, -0.15) is 10.2 Å². The molecule has 9 nitrogen and oxygen atoms in total. The van der Waals surface area contributed by atoms with Gasteiger partial charge in [-0.25, -0.2) is 14.5 Å². The number of aromatic nitrogens is 7. The summed E-state index contributed by atoms with van der Waals surface area (Å²) in [7, 11) is 1.80. The van der Waals surface area contributed by atoms with Crippen LogP contribution in [-0.2, 0) is 7.05 Å². The van der Waals surface area contributed by atoms with E-state index in [2.05, 4.69) is 30.5 Å². The molecule has 1 saturated carbocycles. The first-order valence-electron chi connectivity index (χ1n) is 8.64. The molecular weight excluding hydrogens is 344 g/mol. The second kappa shape index (κ2) is 5.97. The predicted molar refractivity (Wildman–Crippen MR) is 97.1 cm³/mol. The van der Waals surface area contributed by atoms with Gasteiger partial charge in [-0.1, -0.05) is 0 Å². The fourth-order valence-electron chi connectivity index (χ4n) is 2.95. The summed E-state index contributed by atoms with van der Waals surface area (Å²) >= 11 is 0. The van der Waals surface area contributed by atoms with Crippen molar-refractivity contribution in [3.8, 4) is 11.4 Å². The number of nitrogens with zero attached hydrogens (tertiary/aromatic N) is 7. The Morgan fingerprint density at radius 1 is 1.26 bits per heavy atom. The number of fused-ring (bicyclic) bond motifs is 1. The lowest BCUT2D eigenvalue weighted by Gasteiger charge is -2.05. The van der Waals surface area contributed by atoms with Crippen molar-refractivity contribution in [3.63, 3.8) is 0 Å². The summed E-state index contributed by atoms with van der Waals surface area (Å²) in [5, 5.41) is 11.3. The molecule has 0 aliphatic heterocycles. The highest BCUT2D eigenvalue weighted by atomic mass is 16.1. The molecule has 134 valence electrons. The van der Waals surface area contributed by atoms with E-state index in [4.69, 9.17) is 0 Å². The highest BCUT2D eigenvalue weighted by molar-refractivity contribution is 6.08. The highest BCUT2D eigenvalue weighted by Crippen LogP contribution is 2.39. The first-order valence-corrected chi connectivity index (χ1v) is 8.64. The Morgan fingerprint density at radius 2 is 2.15 bits per heavy atom. The number of nitrogens with one attached hydrogen (secondary N) is 1. The molecule has 1 amide bonds. The molecule has 27 heavy (non-hydrogen) atoms. The Kier molecular flexibility index (Phi) is 3.46. The summed E-state index contributed by atoms with van der Waals surface area (Å²) in [4.78, 5) is 25.8. The minimum atomic E-state index is -0.279. The summed E-state index contributed by atoms with van der Waals surface area (Å²) in [5.74, 6) is 0.777. The van der Waals surface area contributed by atoms with Crippen molar-refractivity contribution in [2.75, 3.05) is 5.32 Å². The number of carbonyl (C=O) groups excluding carboxylic acids is 1. The summed E-state index contributed by atoms with van der Waals surface area (Å²) in [6.45, 7) is 0. The average Bonchev–Trinajstić information content (AvgIpc) is 3.29. The lowest BCUT2D eigenvalue weighted by atomic mass is 10.2. The van der Waals surface area contributed by atoms with Gasteiger partial charge in [0.2, 0.25) is 0 Å². The predicted octanol–water partition coefficient (Wildman–Crippen LogP) is 2.05. The third-order valence-electron chi connectivity index (χ3n) is 4.48. The summed E-state index contributed by atoms with van der Waals surface area (Å²) in [6, 6.07) is 3.75. The SMILES string of the molecule is Cn1cnc(-c2cncc(NC(=O)c3cnn4ccc(C5CC5)nc34)c2)n1. The maximum absolute atomic E-state index is 12.8. The number of amides is 1. The topological polar surface area (TPSA) is 103 Å². The van der Waals surface area contributed by atoms with E-state index in [1.807, 2.05) is 12.3 Å². The van der Waals surface area contributed by atoms with Crippen molar-refractivity contribution in [1.82, 2.24) is 34.3 Å². The maximum Gasteiger partial charge on any atom is 0.261 e. The van der Waals surface area contributed by atoms with Crippen LogP contribution in [0.25, 0.3) is 17.0 Å². The van der Waals surface area contributed by atoms with Crippen molar-refractivity contribution in [2.45, 2.75) is 18.8 Å². The van der Waals surface area contributed by atoms with E-state index in [0.717, 1.165) is 24.1 Å². The van der Waals surface area contributed by atoms with Gasteiger partial charge in [-0.15, -0.1) is 0 Å². The normalized spacial score (nSPS) is 13.8. The van der Waals surface area contributed by atoms with Crippen LogP contribution in [-0.4, -0.2) is 40.3 Å². The fourth-order valence-corrected chi connectivity index (χ4v) is 2.95. The zero-order chi connectivity index (χ0) is 18.4. The van der Waals surface area contributed by atoms with Crippen LogP contribution in [0.5, 0.6) is 0 Å². The van der Waals surface area contributed by atoms with Gasteiger partial charge in [-0.05, 0) is 25.0 Å². The van der Waals surface area contributed by atoms with E-state index in [1.54, 1.807) is 41.0 Å². The molecule has 4 heterocycles. The number of rotatable bonds is 4. The van der Waals surface area contributed by atoms with E-state index in [-0.39, 0.29) is 5.91 Å². The molecule has 4 aromatic heterocycles. The molecule has 1 fully saturated rings. The molecule has 0 spiro atoms.